The van der Waals surface area contributed by atoms with Gasteiger partial charge in [-0.3, -0.25) is 4.98 Å². The summed E-state index contributed by atoms with van der Waals surface area (Å²) in [6.45, 7) is 1.71. The number of ether oxygens (including phenoxy) is 2. The van der Waals surface area contributed by atoms with Gasteiger partial charge < -0.3 is 25.0 Å². The number of carbonyl (C=O) groups is 3. The number of nitrogens with zero attached hydrogens (tertiary/aromatic N) is 3. The summed E-state index contributed by atoms with van der Waals surface area (Å²) >= 11 is 0. The van der Waals surface area contributed by atoms with Gasteiger partial charge in [0, 0.05) is 37.0 Å². The van der Waals surface area contributed by atoms with Gasteiger partial charge in [0.2, 0.25) is 0 Å². The quantitative estimate of drug-likeness (QED) is 0.474. The highest BCUT2D eigenvalue weighted by Gasteiger charge is 2.44. The van der Waals surface area contributed by atoms with Crippen molar-refractivity contribution < 1.29 is 32.6 Å². The van der Waals surface area contributed by atoms with Crippen LogP contribution in [0.15, 0.2) is 53.9 Å². The van der Waals surface area contributed by atoms with Crippen molar-refractivity contribution in [3.8, 4) is 0 Å². The predicted octanol–water partition coefficient (Wildman–Crippen LogP) is 4.01. The Hall–Kier alpha value is -3.90. The maximum absolute atomic E-state index is 14.3. The minimum atomic E-state index is -1.37. The van der Waals surface area contributed by atoms with Crippen LogP contribution in [0.2, 0.25) is 0 Å². The van der Waals surface area contributed by atoms with Crippen LogP contribution < -0.4 is 10.6 Å². The maximum atomic E-state index is 14.3. The number of hydrogen-bond acceptors (Lipinski definition) is 7. The van der Waals surface area contributed by atoms with Gasteiger partial charge in [-0.25, -0.2) is 28.1 Å². The van der Waals surface area contributed by atoms with Crippen LogP contribution in [0.1, 0.15) is 55.3 Å². The van der Waals surface area contributed by atoms with Gasteiger partial charge in [-0.05, 0) is 75.0 Å². The molecule has 3 atom stereocenters. The number of amides is 4. The topological polar surface area (TPSA) is 113 Å². The van der Waals surface area contributed by atoms with E-state index in [2.05, 4.69) is 26.6 Å². The summed E-state index contributed by atoms with van der Waals surface area (Å²) in [6.07, 6.45) is 6.18. The van der Waals surface area contributed by atoms with Crippen LogP contribution in [-0.2, 0) is 14.3 Å². The molecule has 3 aliphatic rings. The van der Waals surface area contributed by atoms with E-state index in [0.717, 1.165) is 68.6 Å². The van der Waals surface area contributed by atoms with E-state index in [4.69, 9.17) is 9.47 Å². The van der Waals surface area contributed by atoms with Crippen LogP contribution in [0.5, 0.6) is 0 Å². The van der Waals surface area contributed by atoms with Crippen molar-refractivity contribution in [3.63, 3.8) is 0 Å². The summed E-state index contributed by atoms with van der Waals surface area (Å²) < 4.78 is 38.2. The number of aromatic nitrogens is 1. The molecule has 2 aliphatic heterocycles. The van der Waals surface area contributed by atoms with Gasteiger partial charge in [-0.2, -0.15) is 0 Å². The number of benzene rings is 1. The number of carbonyl (C=O) groups excluding carboxylic acids is 3. The van der Waals surface area contributed by atoms with Gasteiger partial charge in [0.05, 0.1) is 25.0 Å². The van der Waals surface area contributed by atoms with Crippen molar-refractivity contribution in [3.05, 3.63) is 76.8 Å². The molecule has 12 heteroatoms. The fourth-order valence-corrected chi connectivity index (χ4v) is 6.32. The third-order valence-corrected chi connectivity index (χ3v) is 8.39. The van der Waals surface area contributed by atoms with E-state index in [1.165, 1.54) is 13.2 Å². The first-order valence-corrected chi connectivity index (χ1v) is 14.1. The van der Waals surface area contributed by atoms with Crippen LogP contribution >= 0.6 is 0 Å². The zero-order valence-corrected chi connectivity index (χ0v) is 23.6. The molecule has 1 saturated carbocycles. The maximum Gasteiger partial charge on any atom is 0.338 e. The number of piperidine rings is 1. The van der Waals surface area contributed by atoms with Crippen LogP contribution in [0.25, 0.3) is 0 Å². The highest BCUT2D eigenvalue weighted by molar-refractivity contribution is 6.01. The molecule has 0 spiro atoms. The standard InChI is InChI=1S/C30H35F2N5O5/c1-41-17-25-26(28(38)42-2)27(19-6-9-22(31)23(32)15-19)37(30(40)35-25)29(39)34-20-7-8-21(16-20)36-13-10-18(11-14-36)24-5-3-4-12-33-24/h3-6,9,12,15,18,20-21,27H,7-8,10-11,13-14,16-17H2,1-2H3,(H,34,39)(H,35,40)/t20-,21-,27-/m0/s1. The van der Waals surface area contributed by atoms with Crippen molar-refractivity contribution >= 4 is 18.0 Å². The van der Waals surface area contributed by atoms with Gasteiger partial charge in [-0.1, -0.05) is 12.1 Å². The van der Waals surface area contributed by atoms with E-state index in [9.17, 15) is 23.2 Å². The number of imide groups is 1. The summed E-state index contributed by atoms with van der Waals surface area (Å²) in [6, 6.07) is 6.13. The Balaban J connectivity index is 1.31. The van der Waals surface area contributed by atoms with Crippen LogP contribution in [0.3, 0.4) is 0 Å². The molecule has 1 aliphatic carbocycles. The second-order valence-electron chi connectivity index (χ2n) is 10.9. The lowest BCUT2D eigenvalue weighted by Crippen LogP contribution is -2.56. The number of rotatable bonds is 7. The molecule has 1 saturated heterocycles. The zero-order chi connectivity index (χ0) is 29.8. The van der Waals surface area contributed by atoms with Crippen LogP contribution in [0, 0.1) is 11.6 Å². The Morgan fingerprint density at radius 2 is 1.86 bits per heavy atom. The molecule has 1 aromatic carbocycles. The van der Waals surface area contributed by atoms with Crippen molar-refractivity contribution in [1.82, 2.24) is 25.4 Å². The largest absolute Gasteiger partial charge is 0.466 e. The number of esters is 1. The van der Waals surface area contributed by atoms with E-state index in [1.807, 2.05) is 18.3 Å². The van der Waals surface area contributed by atoms with Crippen molar-refractivity contribution in [1.29, 1.82) is 0 Å². The molecule has 42 heavy (non-hydrogen) atoms. The number of likely N-dealkylation sites (tertiary alicyclic amines) is 1. The number of nitrogens with one attached hydrogen (secondary N) is 2. The molecule has 0 bridgehead atoms. The first kappa shape index (κ1) is 29.6. The van der Waals surface area contributed by atoms with Gasteiger partial charge in [0.1, 0.15) is 6.04 Å². The lowest BCUT2D eigenvalue weighted by Gasteiger charge is -2.37. The Kier molecular flexibility index (Phi) is 9.12. The lowest BCUT2D eigenvalue weighted by molar-refractivity contribution is -0.137. The van der Waals surface area contributed by atoms with Crippen LogP contribution in [-0.4, -0.2) is 78.8 Å². The average Bonchev–Trinajstić information content (AvgIpc) is 3.47. The van der Waals surface area contributed by atoms with Crippen LogP contribution in [0.4, 0.5) is 18.4 Å². The average molecular weight is 584 g/mol. The first-order chi connectivity index (χ1) is 20.3. The molecule has 5 rings (SSSR count). The van der Waals surface area contributed by atoms with Crippen molar-refractivity contribution in [2.24, 2.45) is 0 Å². The molecule has 224 valence electrons. The Morgan fingerprint density at radius 1 is 1.07 bits per heavy atom. The molecule has 10 nitrogen and oxygen atoms in total. The molecular formula is C30H35F2N5O5. The number of pyridine rings is 1. The van der Waals surface area contributed by atoms with E-state index in [-0.39, 0.29) is 35.5 Å². The molecule has 1 aromatic heterocycles. The molecule has 2 N–H and O–H groups in total. The summed E-state index contributed by atoms with van der Waals surface area (Å²) in [7, 11) is 2.53. The molecule has 2 aromatic rings. The number of methoxy groups -OCH3 is 2. The van der Waals surface area contributed by atoms with Crippen molar-refractivity contribution in [2.45, 2.75) is 56.1 Å². The van der Waals surface area contributed by atoms with Gasteiger partial charge in [0.15, 0.2) is 11.6 Å². The minimum Gasteiger partial charge on any atom is -0.466 e. The Morgan fingerprint density at radius 3 is 2.52 bits per heavy atom. The molecule has 4 amide bonds. The minimum absolute atomic E-state index is 0.0352. The van der Waals surface area contributed by atoms with Gasteiger partial charge >= 0.3 is 18.0 Å². The third kappa shape index (κ3) is 6.14. The molecule has 0 unspecified atom stereocenters. The van der Waals surface area contributed by atoms with Crippen molar-refractivity contribution in [2.75, 3.05) is 33.9 Å². The summed E-state index contributed by atoms with van der Waals surface area (Å²) in [5, 5.41) is 5.49. The Bertz CT molecular complexity index is 1350. The van der Waals surface area contributed by atoms with Gasteiger partial charge in [0.25, 0.3) is 0 Å². The fourth-order valence-electron chi connectivity index (χ4n) is 6.32. The lowest BCUT2D eigenvalue weighted by atomic mass is 9.92. The predicted molar refractivity (Wildman–Crippen MR) is 148 cm³/mol. The normalized spacial score (nSPS) is 23.6. The van der Waals surface area contributed by atoms with E-state index in [1.54, 1.807) is 0 Å². The Labute approximate surface area is 243 Å². The smallest absolute Gasteiger partial charge is 0.338 e. The van der Waals surface area contributed by atoms with E-state index >= 15 is 0 Å². The SMILES string of the molecule is COCC1=C(C(=O)OC)[C@H](c2ccc(F)c(F)c2)N(C(=O)N[C@H]2CC[C@H](N3CCC(c4ccccn4)CC3)C2)C(=O)N1. The monoisotopic (exact) mass is 583 g/mol. The zero-order valence-electron chi connectivity index (χ0n) is 23.6. The molecule has 3 heterocycles. The second-order valence-corrected chi connectivity index (χ2v) is 10.9. The summed E-state index contributed by atoms with van der Waals surface area (Å²) in [4.78, 5) is 47.6. The van der Waals surface area contributed by atoms with E-state index < -0.39 is 35.7 Å². The van der Waals surface area contributed by atoms with Gasteiger partial charge in [-0.15, -0.1) is 0 Å². The molecule has 0 radical (unpaired) electrons. The number of halogens is 2. The summed E-state index contributed by atoms with van der Waals surface area (Å²) in [5.41, 5.74) is 1.12. The molecule has 2 fully saturated rings. The second kappa shape index (κ2) is 13.0. The highest BCUT2D eigenvalue weighted by atomic mass is 19.2. The first-order valence-electron chi connectivity index (χ1n) is 14.1. The van der Waals surface area contributed by atoms with E-state index in [0.29, 0.717) is 12.3 Å². The number of urea groups is 2. The highest BCUT2D eigenvalue weighted by Crippen LogP contribution is 2.36. The fraction of sp³-hybridized carbons (Fsp3) is 0.467. The summed E-state index contributed by atoms with van der Waals surface area (Å²) in [5.74, 6) is -2.69. The number of hydrogen-bond donors (Lipinski definition) is 2. The molecular weight excluding hydrogens is 548 g/mol. The third-order valence-electron chi connectivity index (χ3n) is 8.39.